The van der Waals surface area contributed by atoms with Crippen molar-refractivity contribution in [2.45, 2.75) is 58.0 Å². The molecule has 0 amide bonds. The zero-order valence-electron chi connectivity index (χ0n) is 10.4. The zero-order valence-corrected chi connectivity index (χ0v) is 10.4. The molecule has 3 nitrogen and oxygen atoms in total. The molecule has 0 spiro atoms. The molecule has 90 valence electrons. The van der Waals surface area contributed by atoms with Crippen LogP contribution in [0.5, 0.6) is 0 Å². The summed E-state index contributed by atoms with van der Waals surface area (Å²) in [5.74, 6) is 1.90. The molecule has 1 fully saturated rings. The number of hydrogen-bond acceptors (Lipinski definition) is 2. The maximum atomic E-state index is 4.57. The van der Waals surface area contributed by atoms with E-state index in [0.717, 1.165) is 13.1 Å². The van der Waals surface area contributed by atoms with Gasteiger partial charge in [-0.15, -0.1) is 0 Å². The fourth-order valence-electron chi connectivity index (χ4n) is 2.86. The average molecular weight is 221 g/mol. The minimum atomic E-state index is 0.614. The second kappa shape index (κ2) is 5.48. The molecule has 1 heterocycles. The predicted octanol–water partition coefficient (Wildman–Crippen LogP) is 2.54. The fourth-order valence-corrected chi connectivity index (χ4v) is 2.86. The summed E-state index contributed by atoms with van der Waals surface area (Å²) < 4.78 is 2.29. The van der Waals surface area contributed by atoms with Crippen molar-refractivity contribution in [3.05, 3.63) is 18.2 Å². The highest BCUT2D eigenvalue weighted by Gasteiger charge is 2.28. The lowest BCUT2D eigenvalue weighted by Gasteiger charge is -2.32. The third-order valence-corrected chi connectivity index (χ3v) is 3.65. The molecule has 2 rings (SSSR count). The molecule has 1 aliphatic carbocycles. The number of likely N-dealkylation sites (N-methyl/N-ethyl adjacent to an activating group) is 1. The van der Waals surface area contributed by atoms with Gasteiger partial charge in [0.05, 0.1) is 0 Å². The van der Waals surface area contributed by atoms with Crippen molar-refractivity contribution < 1.29 is 0 Å². The smallest absolute Gasteiger partial charge is 0.113 e. The van der Waals surface area contributed by atoms with Gasteiger partial charge in [0.1, 0.15) is 5.82 Å². The number of imidazole rings is 1. The van der Waals surface area contributed by atoms with E-state index in [1.807, 2.05) is 6.20 Å². The SMILES string of the molecule is CCNC1CCCCC1c1nccn1CC. The first-order valence-corrected chi connectivity index (χ1v) is 6.61. The van der Waals surface area contributed by atoms with Crippen LogP contribution in [0, 0.1) is 0 Å². The summed E-state index contributed by atoms with van der Waals surface area (Å²) >= 11 is 0. The van der Waals surface area contributed by atoms with E-state index in [4.69, 9.17) is 0 Å². The van der Waals surface area contributed by atoms with Gasteiger partial charge < -0.3 is 9.88 Å². The number of rotatable bonds is 4. The molecule has 1 aromatic heterocycles. The Morgan fingerprint density at radius 3 is 2.94 bits per heavy atom. The monoisotopic (exact) mass is 221 g/mol. The van der Waals surface area contributed by atoms with E-state index < -0.39 is 0 Å². The minimum Gasteiger partial charge on any atom is -0.335 e. The van der Waals surface area contributed by atoms with E-state index in [2.05, 4.69) is 34.9 Å². The van der Waals surface area contributed by atoms with Crippen molar-refractivity contribution in [2.75, 3.05) is 6.54 Å². The Morgan fingerprint density at radius 1 is 1.38 bits per heavy atom. The summed E-state index contributed by atoms with van der Waals surface area (Å²) in [5.41, 5.74) is 0. The molecule has 1 saturated carbocycles. The number of nitrogens with one attached hydrogen (secondary N) is 1. The molecule has 3 heteroatoms. The van der Waals surface area contributed by atoms with Crippen LogP contribution in [0.1, 0.15) is 51.3 Å². The first-order valence-electron chi connectivity index (χ1n) is 6.61. The second-order valence-corrected chi connectivity index (χ2v) is 4.63. The Balaban J connectivity index is 2.16. The lowest BCUT2D eigenvalue weighted by molar-refractivity contribution is 0.317. The van der Waals surface area contributed by atoms with Crippen LogP contribution < -0.4 is 5.32 Å². The molecule has 1 aliphatic rings. The quantitative estimate of drug-likeness (QED) is 0.846. The molecule has 2 unspecified atom stereocenters. The molecule has 2 atom stereocenters. The summed E-state index contributed by atoms with van der Waals surface area (Å²) in [6.07, 6.45) is 9.34. The number of aromatic nitrogens is 2. The Hall–Kier alpha value is -0.830. The van der Waals surface area contributed by atoms with Gasteiger partial charge >= 0.3 is 0 Å². The minimum absolute atomic E-state index is 0.614. The Bertz CT molecular complexity index is 317. The zero-order chi connectivity index (χ0) is 11.4. The van der Waals surface area contributed by atoms with Crippen molar-refractivity contribution >= 4 is 0 Å². The third kappa shape index (κ3) is 2.29. The van der Waals surface area contributed by atoms with Crippen molar-refractivity contribution in [3.63, 3.8) is 0 Å². The molecule has 16 heavy (non-hydrogen) atoms. The molecule has 0 aromatic carbocycles. The van der Waals surface area contributed by atoms with Gasteiger partial charge in [-0.05, 0) is 26.3 Å². The molecule has 0 saturated heterocycles. The summed E-state index contributed by atoms with van der Waals surface area (Å²) in [6.45, 7) is 6.48. The van der Waals surface area contributed by atoms with Crippen molar-refractivity contribution in [3.8, 4) is 0 Å². The Morgan fingerprint density at radius 2 is 2.19 bits per heavy atom. The van der Waals surface area contributed by atoms with Crippen molar-refractivity contribution in [1.29, 1.82) is 0 Å². The standard InChI is InChI=1S/C13H23N3/c1-3-14-12-8-6-5-7-11(12)13-15-9-10-16(13)4-2/h9-12,14H,3-8H2,1-2H3. The van der Waals surface area contributed by atoms with Crippen LogP contribution in [-0.4, -0.2) is 22.1 Å². The molecule has 1 aromatic rings. The lowest BCUT2D eigenvalue weighted by atomic mass is 9.84. The second-order valence-electron chi connectivity index (χ2n) is 4.63. The Kier molecular flexibility index (Phi) is 3.99. The molecular weight excluding hydrogens is 198 g/mol. The van der Waals surface area contributed by atoms with Gasteiger partial charge in [0.25, 0.3) is 0 Å². The first kappa shape index (κ1) is 11.6. The van der Waals surface area contributed by atoms with E-state index in [0.29, 0.717) is 12.0 Å². The van der Waals surface area contributed by atoms with Gasteiger partial charge in [-0.2, -0.15) is 0 Å². The number of nitrogens with zero attached hydrogens (tertiary/aromatic N) is 2. The topological polar surface area (TPSA) is 29.9 Å². The number of aryl methyl sites for hydroxylation is 1. The predicted molar refractivity (Wildman–Crippen MR) is 66.6 cm³/mol. The highest BCUT2D eigenvalue weighted by atomic mass is 15.1. The van der Waals surface area contributed by atoms with Crippen LogP contribution in [0.3, 0.4) is 0 Å². The average Bonchev–Trinajstić information content (AvgIpc) is 2.78. The first-order chi connectivity index (χ1) is 7.86. The van der Waals surface area contributed by atoms with Gasteiger partial charge in [0.2, 0.25) is 0 Å². The van der Waals surface area contributed by atoms with Crippen LogP contribution >= 0.6 is 0 Å². The summed E-state index contributed by atoms with van der Waals surface area (Å²) in [7, 11) is 0. The molecule has 0 aliphatic heterocycles. The van der Waals surface area contributed by atoms with E-state index in [1.165, 1.54) is 31.5 Å². The van der Waals surface area contributed by atoms with Crippen molar-refractivity contribution in [2.24, 2.45) is 0 Å². The fraction of sp³-hybridized carbons (Fsp3) is 0.769. The van der Waals surface area contributed by atoms with Crippen LogP contribution in [-0.2, 0) is 6.54 Å². The summed E-state index contributed by atoms with van der Waals surface area (Å²) in [5, 5.41) is 3.62. The maximum absolute atomic E-state index is 4.57. The van der Waals surface area contributed by atoms with Crippen LogP contribution in [0.15, 0.2) is 12.4 Å². The normalized spacial score (nSPS) is 25.9. The van der Waals surface area contributed by atoms with Gasteiger partial charge in [-0.25, -0.2) is 4.98 Å². The van der Waals surface area contributed by atoms with Gasteiger partial charge in [0.15, 0.2) is 0 Å². The highest BCUT2D eigenvalue weighted by Crippen LogP contribution is 2.32. The summed E-state index contributed by atoms with van der Waals surface area (Å²) in [6, 6.07) is 0.631. The Labute approximate surface area is 98.3 Å². The van der Waals surface area contributed by atoms with E-state index in [9.17, 15) is 0 Å². The van der Waals surface area contributed by atoms with Crippen LogP contribution in [0.2, 0.25) is 0 Å². The lowest BCUT2D eigenvalue weighted by Crippen LogP contribution is -2.38. The maximum Gasteiger partial charge on any atom is 0.113 e. The molecule has 0 radical (unpaired) electrons. The van der Waals surface area contributed by atoms with Crippen molar-refractivity contribution in [1.82, 2.24) is 14.9 Å². The largest absolute Gasteiger partial charge is 0.335 e. The molecular formula is C13H23N3. The van der Waals surface area contributed by atoms with Crippen LogP contribution in [0.4, 0.5) is 0 Å². The molecule has 1 N–H and O–H groups in total. The van der Waals surface area contributed by atoms with Gasteiger partial charge in [-0.3, -0.25) is 0 Å². The third-order valence-electron chi connectivity index (χ3n) is 3.65. The van der Waals surface area contributed by atoms with Gasteiger partial charge in [0, 0.05) is 30.9 Å². The highest BCUT2D eigenvalue weighted by molar-refractivity contribution is 5.06. The molecule has 0 bridgehead atoms. The van der Waals surface area contributed by atoms with E-state index >= 15 is 0 Å². The number of hydrogen-bond donors (Lipinski definition) is 1. The summed E-state index contributed by atoms with van der Waals surface area (Å²) in [4.78, 5) is 4.57. The van der Waals surface area contributed by atoms with E-state index in [-0.39, 0.29) is 0 Å². The van der Waals surface area contributed by atoms with E-state index in [1.54, 1.807) is 0 Å². The van der Waals surface area contributed by atoms with Crippen LogP contribution in [0.25, 0.3) is 0 Å². The van der Waals surface area contributed by atoms with Gasteiger partial charge in [-0.1, -0.05) is 19.8 Å².